The molecule has 0 spiro atoms. The molecule has 0 fully saturated rings. The van der Waals surface area contributed by atoms with Crippen molar-refractivity contribution in [3.8, 4) is 0 Å². The average molecular weight is 507 g/mol. The highest BCUT2D eigenvalue weighted by Gasteiger charge is 2.41. The number of carbonyl (C=O) groups excluding carboxylic acids is 3. The van der Waals surface area contributed by atoms with Crippen LogP contribution in [-0.2, 0) is 36.8 Å². The lowest BCUT2D eigenvalue weighted by Crippen LogP contribution is -2.56. The number of benzene rings is 2. The second-order valence-electron chi connectivity index (χ2n) is 10.5. The molecule has 0 aromatic heterocycles. The number of amides is 1. The smallest absolute Gasteiger partial charge is 0.408 e. The minimum atomic E-state index is -1.84. The summed E-state index contributed by atoms with van der Waals surface area (Å²) < 4.78 is 16.4. The van der Waals surface area contributed by atoms with Crippen LogP contribution in [0.15, 0.2) is 66.7 Å². The lowest BCUT2D eigenvalue weighted by atomic mass is 9.89. The molecule has 0 saturated heterocycles. The van der Waals surface area contributed by atoms with Gasteiger partial charge in [-0.2, -0.15) is 0 Å². The molecule has 0 radical (unpaired) electrons. The fourth-order valence-electron chi connectivity index (χ4n) is 3.28. The topological polar surface area (TPSA) is 95.3 Å². The van der Waals surface area contributed by atoms with Crippen LogP contribution in [0.3, 0.4) is 0 Å². The molecule has 0 aliphatic rings. The van der Waals surface area contributed by atoms with Crippen molar-refractivity contribution in [3.63, 3.8) is 0 Å². The summed E-state index contributed by atoms with van der Waals surface area (Å²) in [5, 5.41) is 2.62. The molecule has 0 saturated carbocycles. The van der Waals surface area contributed by atoms with E-state index in [4.69, 9.17) is 20.8 Å². The van der Waals surface area contributed by atoms with E-state index in [9.17, 15) is 14.4 Å². The molecule has 2 rings (SSSR count). The first kappa shape index (κ1) is 29.1. The molecule has 1 atom stereocenters. The Kier molecular flexibility index (Phi) is 9.61. The molecule has 196 valence electrons. The number of hydrogen-bond acceptors (Lipinski definition) is 6. The average Bonchev–Trinajstić information content (AvgIpc) is 2.79. The van der Waals surface area contributed by atoms with E-state index >= 15 is 0 Å². The van der Waals surface area contributed by atoms with E-state index < -0.39 is 34.8 Å². The number of carbonyl (C=O) groups is 3. The molecule has 2 aromatic rings. The zero-order chi connectivity index (χ0) is 27.7. The summed E-state index contributed by atoms with van der Waals surface area (Å²) >= 11 is 0. The molecular weight excluding hydrogens is 472 g/mol. The molecule has 8 nitrogen and oxygen atoms in total. The van der Waals surface area contributed by atoms with Crippen LogP contribution in [0.1, 0.15) is 52.7 Å². The fourth-order valence-corrected chi connectivity index (χ4v) is 3.28. The largest absolute Gasteiger partial charge is 0.459 e. The molecule has 0 aliphatic heterocycles. The molecule has 8 heteroatoms. The van der Waals surface area contributed by atoms with E-state index in [1.807, 2.05) is 18.2 Å². The van der Waals surface area contributed by atoms with Crippen LogP contribution in [0.5, 0.6) is 0 Å². The van der Waals surface area contributed by atoms with Crippen LogP contribution < -0.4 is 5.32 Å². The maximum atomic E-state index is 13.6. The van der Waals surface area contributed by atoms with Crippen LogP contribution in [0.4, 0.5) is 10.5 Å². The molecule has 0 aliphatic carbocycles. The molecule has 1 amide bonds. The molecule has 0 heterocycles. The number of esters is 2. The quantitative estimate of drug-likeness (QED) is 0.214. The van der Waals surface area contributed by atoms with Gasteiger partial charge in [-0.15, -0.1) is 0 Å². The van der Waals surface area contributed by atoms with Gasteiger partial charge in [-0.3, -0.25) is 0 Å². The third-order valence-electron chi connectivity index (χ3n) is 4.73. The summed E-state index contributed by atoms with van der Waals surface area (Å²) in [6.07, 6.45) is 1.36. The minimum Gasteiger partial charge on any atom is -0.459 e. The van der Waals surface area contributed by atoms with Crippen LogP contribution in [0, 0.1) is 6.57 Å². The molecule has 0 bridgehead atoms. The zero-order valence-electron chi connectivity index (χ0n) is 22.2. The van der Waals surface area contributed by atoms with Gasteiger partial charge in [-0.1, -0.05) is 60.2 Å². The molecule has 2 aromatic carbocycles. The minimum absolute atomic E-state index is 0.0558. The van der Waals surface area contributed by atoms with Crippen LogP contribution in [-0.4, -0.2) is 34.8 Å². The van der Waals surface area contributed by atoms with E-state index in [1.54, 1.807) is 77.9 Å². The Balaban J connectivity index is 2.52. The highest BCUT2D eigenvalue weighted by atomic mass is 16.6. The molecule has 37 heavy (non-hydrogen) atoms. The highest BCUT2D eigenvalue weighted by Crippen LogP contribution is 2.24. The number of nitrogens with one attached hydrogen (secondary N) is 1. The van der Waals surface area contributed by atoms with Gasteiger partial charge in [-0.25, -0.2) is 19.2 Å². The second-order valence-corrected chi connectivity index (χ2v) is 10.5. The third kappa shape index (κ3) is 10.2. The van der Waals surface area contributed by atoms with Gasteiger partial charge < -0.3 is 19.5 Å². The Morgan fingerprint density at radius 2 is 1.51 bits per heavy atom. The lowest BCUT2D eigenvalue weighted by Gasteiger charge is -2.31. The Hall–Kier alpha value is -4.12. The molecule has 1 N–H and O–H groups in total. The van der Waals surface area contributed by atoms with Crippen molar-refractivity contribution in [2.24, 2.45) is 0 Å². The number of rotatable bonds is 8. The van der Waals surface area contributed by atoms with Gasteiger partial charge >= 0.3 is 18.0 Å². The van der Waals surface area contributed by atoms with Gasteiger partial charge in [0.25, 0.3) is 0 Å². The van der Waals surface area contributed by atoms with Gasteiger partial charge in [0.05, 0.1) is 6.57 Å². The Labute approximate surface area is 218 Å². The Morgan fingerprint density at radius 1 is 0.892 bits per heavy atom. The number of ether oxygens (including phenoxy) is 3. The van der Waals surface area contributed by atoms with Gasteiger partial charge in [0.2, 0.25) is 0 Å². The van der Waals surface area contributed by atoms with Gasteiger partial charge in [0.15, 0.2) is 11.2 Å². The summed E-state index contributed by atoms with van der Waals surface area (Å²) in [7, 11) is 0. The van der Waals surface area contributed by atoms with Crippen molar-refractivity contribution < 1.29 is 28.6 Å². The van der Waals surface area contributed by atoms with E-state index in [-0.39, 0.29) is 13.0 Å². The van der Waals surface area contributed by atoms with Crippen molar-refractivity contribution in [1.82, 2.24) is 5.32 Å². The van der Waals surface area contributed by atoms with E-state index in [0.29, 0.717) is 11.3 Å². The second kappa shape index (κ2) is 12.2. The standard InChI is InChI=1S/C29H34N2O6/c1-27(2,3)36-24(32)16-17-29(31-26(34)37-28(4,5)6,19-22-14-11-15-23(18-22)30-7)25(33)35-20-21-12-9-8-10-13-21/h8-18H,19-20H2,1-6H3,(H,31,34)/t29-/m1/s1. The Morgan fingerprint density at radius 3 is 2.11 bits per heavy atom. The Bertz CT molecular complexity index is 1170. The molecular formula is C29H34N2O6. The van der Waals surface area contributed by atoms with Gasteiger partial charge in [0.1, 0.15) is 17.8 Å². The monoisotopic (exact) mass is 506 g/mol. The van der Waals surface area contributed by atoms with Gasteiger partial charge in [-0.05, 0) is 53.2 Å². The fraction of sp³-hybridized carbons (Fsp3) is 0.379. The third-order valence-corrected chi connectivity index (χ3v) is 4.73. The first-order valence-electron chi connectivity index (χ1n) is 11.8. The number of hydrogen-bond donors (Lipinski definition) is 1. The molecule has 0 unspecified atom stereocenters. The number of alkyl carbamates (subject to hydrolysis) is 1. The summed E-state index contributed by atoms with van der Waals surface area (Å²) in [6.45, 7) is 17.5. The zero-order valence-corrected chi connectivity index (χ0v) is 22.2. The summed E-state index contributed by atoms with van der Waals surface area (Å²) in [6, 6.07) is 15.7. The maximum Gasteiger partial charge on any atom is 0.408 e. The highest BCUT2D eigenvalue weighted by molar-refractivity contribution is 5.91. The van der Waals surface area contributed by atoms with Crippen LogP contribution in [0.25, 0.3) is 4.85 Å². The van der Waals surface area contributed by atoms with E-state index in [0.717, 1.165) is 11.6 Å². The van der Waals surface area contributed by atoms with Crippen LogP contribution >= 0.6 is 0 Å². The van der Waals surface area contributed by atoms with E-state index in [2.05, 4.69) is 10.2 Å². The maximum absolute atomic E-state index is 13.6. The summed E-state index contributed by atoms with van der Waals surface area (Å²) in [5.41, 5.74) is -1.78. The van der Waals surface area contributed by atoms with Crippen molar-refractivity contribution in [2.75, 3.05) is 0 Å². The SMILES string of the molecule is [C-]#[N+]c1cccc(C[C@@](C=CC(=O)OC(C)(C)C)(NC(=O)OC(C)(C)C)C(=O)OCc2ccccc2)c1. The van der Waals surface area contributed by atoms with Crippen LogP contribution in [0.2, 0.25) is 0 Å². The summed E-state index contributed by atoms with van der Waals surface area (Å²) in [5.74, 6) is -1.51. The van der Waals surface area contributed by atoms with Crippen molar-refractivity contribution >= 4 is 23.7 Å². The van der Waals surface area contributed by atoms with Crippen molar-refractivity contribution in [2.45, 2.75) is 71.3 Å². The normalized spacial score (nSPS) is 13.2. The summed E-state index contributed by atoms with van der Waals surface area (Å²) in [4.78, 5) is 42.5. The predicted octanol–water partition coefficient (Wildman–Crippen LogP) is 5.68. The first-order valence-corrected chi connectivity index (χ1v) is 11.8. The van der Waals surface area contributed by atoms with Crippen molar-refractivity contribution in [3.05, 3.63) is 89.3 Å². The predicted molar refractivity (Wildman–Crippen MR) is 140 cm³/mol. The first-order chi connectivity index (χ1) is 17.2. The van der Waals surface area contributed by atoms with Gasteiger partial charge in [0, 0.05) is 12.5 Å². The number of nitrogens with zero attached hydrogens (tertiary/aromatic N) is 1. The van der Waals surface area contributed by atoms with E-state index in [1.165, 1.54) is 6.08 Å². The van der Waals surface area contributed by atoms with Crippen molar-refractivity contribution in [1.29, 1.82) is 0 Å². The lowest BCUT2D eigenvalue weighted by molar-refractivity contribution is -0.151.